The van der Waals surface area contributed by atoms with E-state index in [0.29, 0.717) is 43.4 Å². The molecule has 1 aliphatic heterocycles. The normalized spacial score (nSPS) is 14.6. The molecule has 0 radical (unpaired) electrons. The summed E-state index contributed by atoms with van der Waals surface area (Å²) in [4.78, 5) is 24.8. The number of rotatable bonds is 10. The number of carbonyl (C=O) groups excluding carboxylic acids is 1. The molecule has 0 spiro atoms. The Morgan fingerprint density at radius 1 is 0.949 bits per heavy atom. The van der Waals surface area contributed by atoms with E-state index in [1.165, 1.54) is 23.5 Å². The number of ether oxygens (including phenoxy) is 2. The highest BCUT2D eigenvalue weighted by Crippen LogP contribution is 2.26. The molecule has 0 aromatic heterocycles. The standard InChI is InChI=1S/C28H31N3O7S/c1-21-3-10-26(11-4-21)39(35,36)30-15-13-29(14-16-30)19-24-17-23(18-28(32)37-2)7-12-27(24)38-20-22-5-8-25(9-6-22)31(33)34/h3-12,17H,13-16,18-20H2,1-2H3. The Hall–Kier alpha value is -3.80. The highest BCUT2D eigenvalue weighted by atomic mass is 32.2. The number of methoxy groups -OCH3 is 1. The molecule has 0 aliphatic carbocycles. The first kappa shape index (κ1) is 28.2. The second kappa shape index (κ2) is 12.4. The molecule has 39 heavy (non-hydrogen) atoms. The van der Waals surface area contributed by atoms with Crippen LogP contribution in [0.3, 0.4) is 0 Å². The summed E-state index contributed by atoms with van der Waals surface area (Å²) in [7, 11) is -2.22. The molecule has 1 aliphatic rings. The van der Waals surface area contributed by atoms with Crippen molar-refractivity contribution in [1.82, 2.24) is 9.21 Å². The fourth-order valence-corrected chi connectivity index (χ4v) is 5.77. The first-order valence-corrected chi connectivity index (χ1v) is 13.9. The molecule has 0 unspecified atom stereocenters. The van der Waals surface area contributed by atoms with Crippen molar-refractivity contribution in [3.63, 3.8) is 0 Å². The molecule has 0 bridgehead atoms. The van der Waals surface area contributed by atoms with Gasteiger partial charge >= 0.3 is 5.97 Å². The van der Waals surface area contributed by atoms with Crippen molar-refractivity contribution >= 4 is 21.7 Å². The monoisotopic (exact) mass is 553 g/mol. The quantitative estimate of drug-likeness (QED) is 0.212. The van der Waals surface area contributed by atoms with Gasteiger partial charge in [-0.1, -0.05) is 29.8 Å². The van der Waals surface area contributed by atoms with E-state index >= 15 is 0 Å². The molecule has 3 aromatic rings. The summed E-state index contributed by atoms with van der Waals surface area (Å²) < 4.78 is 38.5. The summed E-state index contributed by atoms with van der Waals surface area (Å²) in [6.07, 6.45) is 0.120. The highest BCUT2D eigenvalue weighted by molar-refractivity contribution is 7.89. The van der Waals surface area contributed by atoms with Gasteiger partial charge in [0.2, 0.25) is 10.0 Å². The molecule has 3 aromatic carbocycles. The number of carbonyl (C=O) groups is 1. The van der Waals surface area contributed by atoms with Gasteiger partial charge in [0.25, 0.3) is 5.69 Å². The maximum atomic E-state index is 13.1. The number of esters is 1. The van der Waals surface area contributed by atoms with Crippen LogP contribution in [-0.2, 0) is 39.1 Å². The zero-order chi connectivity index (χ0) is 28.0. The third-order valence-corrected chi connectivity index (χ3v) is 8.54. The molecule has 0 saturated carbocycles. The van der Waals surface area contributed by atoms with Crippen molar-refractivity contribution < 1.29 is 27.6 Å². The van der Waals surface area contributed by atoms with E-state index < -0.39 is 14.9 Å². The summed E-state index contributed by atoms with van der Waals surface area (Å²) >= 11 is 0. The molecule has 1 heterocycles. The van der Waals surface area contributed by atoms with Crippen LogP contribution in [0.15, 0.2) is 71.6 Å². The molecule has 206 valence electrons. The van der Waals surface area contributed by atoms with Gasteiger partial charge in [-0.2, -0.15) is 4.31 Å². The Morgan fingerprint density at radius 2 is 1.59 bits per heavy atom. The largest absolute Gasteiger partial charge is 0.489 e. The number of nitro groups is 1. The molecule has 1 saturated heterocycles. The minimum Gasteiger partial charge on any atom is -0.489 e. The third kappa shape index (κ3) is 7.20. The van der Waals surface area contributed by atoms with E-state index in [2.05, 4.69) is 4.90 Å². The van der Waals surface area contributed by atoms with Crippen LogP contribution in [0.5, 0.6) is 5.75 Å². The van der Waals surface area contributed by atoms with Gasteiger partial charge in [-0.05, 0) is 48.4 Å². The van der Waals surface area contributed by atoms with E-state index in [-0.39, 0.29) is 24.7 Å². The van der Waals surface area contributed by atoms with Crippen LogP contribution in [0, 0.1) is 17.0 Å². The van der Waals surface area contributed by atoms with E-state index in [0.717, 1.165) is 22.3 Å². The highest BCUT2D eigenvalue weighted by Gasteiger charge is 2.28. The summed E-state index contributed by atoms with van der Waals surface area (Å²) in [5, 5.41) is 10.9. The van der Waals surface area contributed by atoms with Gasteiger partial charge < -0.3 is 9.47 Å². The van der Waals surface area contributed by atoms with Crippen LogP contribution in [0.2, 0.25) is 0 Å². The summed E-state index contributed by atoms with van der Waals surface area (Å²) in [5.41, 5.74) is 3.42. The van der Waals surface area contributed by atoms with Crippen molar-refractivity contribution in [2.45, 2.75) is 31.4 Å². The molecule has 4 rings (SSSR count). The van der Waals surface area contributed by atoms with Gasteiger partial charge in [0, 0.05) is 50.4 Å². The maximum Gasteiger partial charge on any atom is 0.309 e. The summed E-state index contributed by atoms with van der Waals surface area (Å²) in [6, 6.07) is 18.5. The summed E-state index contributed by atoms with van der Waals surface area (Å²) in [6.45, 7) is 4.42. The summed E-state index contributed by atoms with van der Waals surface area (Å²) in [5.74, 6) is 0.270. The maximum absolute atomic E-state index is 13.1. The fourth-order valence-electron chi connectivity index (χ4n) is 4.35. The Kier molecular flexibility index (Phi) is 8.95. The lowest BCUT2D eigenvalue weighted by atomic mass is 10.1. The molecular formula is C28H31N3O7S. The van der Waals surface area contributed by atoms with Gasteiger partial charge in [0.15, 0.2) is 0 Å². The zero-order valence-corrected chi connectivity index (χ0v) is 22.7. The lowest BCUT2D eigenvalue weighted by Gasteiger charge is -2.34. The van der Waals surface area contributed by atoms with Crippen molar-refractivity contribution in [1.29, 1.82) is 0 Å². The minimum absolute atomic E-state index is 0.00939. The number of aryl methyl sites for hydroxylation is 1. The molecule has 0 N–H and O–H groups in total. The van der Waals surface area contributed by atoms with Crippen LogP contribution < -0.4 is 4.74 Å². The van der Waals surface area contributed by atoms with Gasteiger partial charge in [-0.3, -0.25) is 19.8 Å². The van der Waals surface area contributed by atoms with E-state index in [1.807, 2.05) is 13.0 Å². The van der Waals surface area contributed by atoms with Crippen molar-refractivity contribution in [2.24, 2.45) is 0 Å². The Balaban J connectivity index is 1.45. The number of benzene rings is 3. The van der Waals surface area contributed by atoms with Gasteiger partial charge in [0.1, 0.15) is 12.4 Å². The van der Waals surface area contributed by atoms with Crippen LogP contribution in [0.4, 0.5) is 5.69 Å². The average molecular weight is 554 g/mol. The van der Waals surface area contributed by atoms with Gasteiger partial charge in [0.05, 0.1) is 23.3 Å². The predicted molar refractivity (Wildman–Crippen MR) is 145 cm³/mol. The Morgan fingerprint density at radius 3 is 2.21 bits per heavy atom. The van der Waals surface area contributed by atoms with E-state index in [9.17, 15) is 23.3 Å². The van der Waals surface area contributed by atoms with E-state index in [4.69, 9.17) is 9.47 Å². The first-order valence-electron chi connectivity index (χ1n) is 12.5. The van der Waals surface area contributed by atoms with Crippen molar-refractivity contribution in [3.8, 4) is 5.75 Å². The van der Waals surface area contributed by atoms with Crippen LogP contribution in [-0.4, -0.2) is 61.8 Å². The van der Waals surface area contributed by atoms with Crippen molar-refractivity contribution in [2.75, 3.05) is 33.3 Å². The average Bonchev–Trinajstić information content (AvgIpc) is 2.93. The van der Waals surface area contributed by atoms with Crippen LogP contribution >= 0.6 is 0 Å². The number of nitro benzene ring substituents is 1. The predicted octanol–water partition coefficient (Wildman–Crippen LogP) is 3.70. The molecule has 11 heteroatoms. The minimum atomic E-state index is -3.57. The second-order valence-electron chi connectivity index (χ2n) is 9.40. The Bertz CT molecular complexity index is 1420. The molecule has 1 fully saturated rings. The molecule has 10 nitrogen and oxygen atoms in total. The fraction of sp³-hybridized carbons (Fsp3) is 0.321. The zero-order valence-electron chi connectivity index (χ0n) is 21.9. The lowest BCUT2D eigenvalue weighted by Crippen LogP contribution is -2.48. The molecule has 0 amide bonds. The van der Waals surface area contributed by atoms with Crippen molar-refractivity contribution in [3.05, 3.63) is 99.1 Å². The molecule has 0 atom stereocenters. The number of nitrogens with zero attached hydrogens (tertiary/aromatic N) is 3. The number of hydrogen-bond acceptors (Lipinski definition) is 8. The number of piperazine rings is 1. The molecular weight excluding hydrogens is 522 g/mol. The first-order chi connectivity index (χ1) is 18.7. The number of sulfonamides is 1. The number of hydrogen-bond donors (Lipinski definition) is 0. The smallest absolute Gasteiger partial charge is 0.309 e. The van der Waals surface area contributed by atoms with Crippen LogP contribution in [0.1, 0.15) is 22.3 Å². The SMILES string of the molecule is COC(=O)Cc1ccc(OCc2ccc([N+](=O)[O-])cc2)c(CN2CCN(S(=O)(=O)c3ccc(C)cc3)CC2)c1. The third-order valence-electron chi connectivity index (χ3n) is 6.63. The van der Waals surface area contributed by atoms with Crippen LogP contribution in [0.25, 0.3) is 0 Å². The topological polar surface area (TPSA) is 119 Å². The van der Waals surface area contributed by atoms with Gasteiger partial charge in [-0.25, -0.2) is 8.42 Å². The van der Waals surface area contributed by atoms with E-state index in [1.54, 1.807) is 48.5 Å². The Labute approximate surface area is 228 Å². The lowest BCUT2D eigenvalue weighted by molar-refractivity contribution is -0.384. The second-order valence-corrected chi connectivity index (χ2v) is 11.3. The van der Waals surface area contributed by atoms with Gasteiger partial charge in [-0.15, -0.1) is 0 Å². The number of non-ortho nitro benzene ring substituents is 1.